The second kappa shape index (κ2) is 7.98. The fourth-order valence-corrected chi connectivity index (χ4v) is 4.11. The van der Waals surface area contributed by atoms with Gasteiger partial charge in [-0.3, -0.25) is 0 Å². The molecule has 0 aliphatic carbocycles. The zero-order chi connectivity index (χ0) is 17.2. The second-order valence-corrected chi connectivity index (χ2v) is 7.66. The molecule has 1 heterocycles. The van der Waals surface area contributed by atoms with Crippen molar-refractivity contribution in [2.75, 3.05) is 13.1 Å². The van der Waals surface area contributed by atoms with Crippen LogP contribution in [0, 0.1) is 18.3 Å². The number of benzene rings is 2. The van der Waals surface area contributed by atoms with Crippen molar-refractivity contribution in [3.8, 4) is 6.07 Å². The van der Waals surface area contributed by atoms with E-state index in [1.54, 1.807) is 6.92 Å². The Balaban J connectivity index is 0.00000225. The number of nitriles is 1. The van der Waals surface area contributed by atoms with Crippen LogP contribution < -0.4 is 10.0 Å². The van der Waals surface area contributed by atoms with Gasteiger partial charge in [0.1, 0.15) is 0 Å². The van der Waals surface area contributed by atoms with Crippen molar-refractivity contribution < 1.29 is 8.42 Å². The normalized spacial score (nSPS) is 16.4. The van der Waals surface area contributed by atoms with Crippen molar-refractivity contribution >= 4 is 22.4 Å². The summed E-state index contributed by atoms with van der Waals surface area (Å²) in [6.07, 6.45) is 0.953. The minimum absolute atomic E-state index is 0. The number of aryl methyl sites for hydroxylation is 1. The number of hydrogen-bond acceptors (Lipinski definition) is 4. The maximum Gasteiger partial charge on any atom is 0.240 e. The minimum atomic E-state index is -3.61. The molecule has 0 radical (unpaired) electrons. The van der Waals surface area contributed by atoms with Crippen molar-refractivity contribution in [3.05, 3.63) is 64.7 Å². The average molecular weight is 378 g/mol. The van der Waals surface area contributed by atoms with E-state index < -0.39 is 10.0 Å². The van der Waals surface area contributed by atoms with E-state index >= 15 is 0 Å². The highest BCUT2D eigenvalue weighted by atomic mass is 35.5. The summed E-state index contributed by atoms with van der Waals surface area (Å²) in [5, 5.41) is 12.3. The van der Waals surface area contributed by atoms with Crippen molar-refractivity contribution in [3.63, 3.8) is 0 Å². The van der Waals surface area contributed by atoms with E-state index in [1.807, 2.05) is 24.3 Å². The van der Waals surface area contributed by atoms with Gasteiger partial charge in [0.15, 0.2) is 0 Å². The third-order valence-corrected chi connectivity index (χ3v) is 5.74. The summed E-state index contributed by atoms with van der Waals surface area (Å²) >= 11 is 0. The topological polar surface area (TPSA) is 82.0 Å². The molecule has 1 aliphatic rings. The van der Waals surface area contributed by atoms with Gasteiger partial charge in [-0.25, -0.2) is 13.1 Å². The van der Waals surface area contributed by atoms with Crippen LogP contribution in [-0.2, 0) is 16.4 Å². The number of halogens is 1. The number of nitrogens with zero attached hydrogens (tertiary/aromatic N) is 1. The lowest BCUT2D eigenvalue weighted by atomic mass is 9.95. The van der Waals surface area contributed by atoms with Crippen molar-refractivity contribution in [2.45, 2.75) is 24.3 Å². The summed E-state index contributed by atoms with van der Waals surface area (Å²) in [6, 6.07) is 14.6. The molecular weight excluding hydrogens is 358 g/mol. The molecular formula is C18H20ClN3O2S. The molecule has 1 aliphatic heterocycles. The van der Waals surface area contributed by atoms with Crippen LogP contribution in [0.25, 0.3) is 0 Å². The molecule has 0 amide bonds. The summed E-state index contributed by atoms with van der Waals surface area (Å²) in [7, 11) is -3.61. The highest BCUT2D eigenvalue weighted by Gasteiger charge is 2.22. The predicted molar refractivity (Wildman–Crippen MR) is 99.2 cm³/mol. The Morgan fingerprint density at radius 3 is 2.76 bits per heavy atom. The molecule has 0 spiro atoms. The van der Waals surface area contributed by atoms with Gasteiger partial charge in [0.25, 0.3) is 0 Å². The Kier molecular flexibility index (Phi) is 6.20. The third-order valence-electron chi connectivity index (χ3n) is 4.32. The van der Waals surface area contributed by atoms with E-state index in [1.165, 1.54) is 23.8 Å². The lowest BCUT2D eigenvalue weighted by Crippen LogP contribution is -2.38. The fraction of sp³-hybridized carbons (Fsp3) is 0.278. The SMILES string of the molecule is Cc1cc(S(=O)(=O)NCC2NCCc3ccccc32)ccc1C#N.Cl. The number of hydrogen-bond donors (Lipinski definition) is 2. The molecule has 2 aromatic carbocycles. The standard InChI is InChI=1S/C18H19N3O2S.ClH/c1-13-10-16(7-6-15(13)11-19)24(22,23)21-12-18-17-5-3-2-4-14(17)8-9-20-18;/h2-7,10,18,20-21H,8-9,12H2,1H3;1H. The van der Waals surface area contributed by atoms with Gasteiger partial charge in [-0.1, -0.05) is 24.3 Å². The molecule has 0 aromatic heterocycles. The summed E-state index contributed by atoms with van der Waals surface area (Å²) < 4.78 is 27.7. The van der Waals surface area contributed by atoms with Crippen LogP contribution in [0.1, 0.15) is 28.3 Å². The molecule has 3 rings (SSSR count). The zero-order valence-electron chi connectivity index (χ0n) is 13.8. The monoisotopic (exact) mass is 377 g/mol. The summed E-state index contributed by atoms with van der Waals surface area (Å²) in [5.41, 5.74) is 3.54. The van der Waals surface area contributed by atoms with Gasteiger partial charge >= 0.3 is 0 Å². The molecule has 2 aromatic rings. The summed E-state index contributed by atoms with van der Waals surface area (Å²) in [5.74, 6) is 0. The van der Waals surface area contributed by atoms with Gasteiger partial charge in [0.2, 0.25) is 10.0 Å². The molecule has 25 heavy (non-hydrogen) atoms. The second-order valence-electron chi connectivity index (χ2n) is 5.90. The first kappa shape index (κ1) is 19.4. The zero-order valence-corrected chi connectivity index (χ0v) is 15.5. The fourth-order valence-electron chi connectivity index (χ4n) is 2.98. The Bertz CT molecular complexity index is 907. The maximum atomic E-state index is 12.5. The molecule has 7 heteroatoms. The Hall–Kier alpha value is -1.91. The lowest BCUT2D eigenvalue weighted by molar-refractivity contribution is 0.491. The molecule has 0 saturated heterocycles. The van der Waals surface area contributed by atoms with Crippen molar-refractivity contribution in [1.29, 1.82) is 5.26 Å². The molecule has 1 atom stereocenters. The van der Waals surface area contributed by atoms with Gasteiger partial charge < -0.3 is 5.32 Å². The van der Waals surface area contributed by atoms with Crippen LogP contribution in [0.5, 0.6) is 0 Å². The van der Waals surface area contributed by atoms with Crippen LogP contribution in [0.15, 0.2) is 47.4 Å². The first-order valence-electron chi connectivity index (χ1n) is 7.83. The van der Waals surface area contributed by atoms with Crippen LogP contribution >= 0.6 is 12.4 Å². The maximum absolute atomic E-state index is 12.5. The van der Waals surface area contributed by atoms with Crippen LogP contribution in [0.2, 0.25) is 0 Å². The van der Waals surface area contributed by atoms with Crippen molar-refractivity contribution in [2.24, 2.45) is 0 Å². The predicted octanol–water partition coefficient (Wildman–Crippen LogP) is 2.45. The van der Waals surface area contributed by atoms with E-state index in [9.17, 15) is 8.42 Å². The van der Waals surface area contributed by atoms with E-state index in [-0.39, 0.29) is 23.3 Å². The molecule has 0 saturated carbocycles. The Labute approximate surface area is 154 Å². The molecule has 0 bridgehead atoms. The largest absolute Gasteiger partial charge is 0.308 e. The van der Waals surface area contributed by atoms with E-state index in [2.05, 4.69) is 16.1 Å². The molecule has 0 fully saturated rings. The highest BCUT2D eigenvalue weighted by Crippen LogP contribution is 2.22. The molecule has 2 N–H and O–H groups in total. The average Bonchev–Trinajstić information content (AvgIpc) is 2.60. The quantitative estimate of drug-likeness (QED) is 0.857. The molecule has 132 valence electrons. The smallest absolute Gasteiger partial charge is 0.240 e. The Morgan fingerprint density at radius 1 is 1.28 bits per heavy atom. The number of nitrogens with one attached hydrogen (secondary N) is 2. The van der Waals surface area contributed by atoms with Crippen LogP contribution in [0.3, 0.4) is 0 Å². The van der Waals surface area contributed by atoms with Crippen LogP contribution in [0.4, 0.5) is 0 Å². The van der Waals surface area contributed by atoms with E-state index in [0.717, 1.165) is 18.5 Å². The van der Waals surface area contributed by atoms with Gasteiger partial charge in [0.05, 0.1) is 16.5 Å². The number of fused-ring (bicyclic) bond motifs is 1. The number of rotatable bonds is 4. The highest BCUT2D eigenvalue weighted by molar-refractivity contribution is 7.89. The van der Waals surface area contributed by atoms with Gasteiger partial charge in [-0.2, -0.15) is 5.26 Å². The summed E-state index contributed by atoms with van der Waals surface area (Å²) in [4.78, 5) is 0.183. The molecule has 5 nitrogen and oxygen atoms in total. The van der Waals surface area contributed by atoms with Crippen LogP contribution in [-0.4, -0.2) is 21.5 Å². The van der Waals surface area contributed by atoms with Crippen molar-refractivity contribution in [1.82, 2.24) is 10.0 Å². The van der Waals surface area contributed by atoms with Gasteiger partial charge in [-0.15, -0.1) is 12.4 Å². The minimum Gasteiger partial charge on any atom is -0.308 e. The first-order valence-corrected chi connectivity index (χ1v) is 9.31. The van der Waals surface area contributed by atoms with E-state index in [0.29, 0.717) is 17.7 Å². The lowest BCUT2D eigenvalue weighted by Gasteiger charge is -2.27. The third kappa shape index (κ3) is 4.20. The summed E-state index contributed by atoms with van der Waals surface area (Å²) in [6.45, 7) is 2.86. The first-order chi connectivity index (χ1) is 11.5. The Morgan fingerprint density at radius 2 is 2.04 bits per heavy atom. The van der Waals surface area contributed by atoms with Gasteiger partial charge in [0, 0.05) is 12.6 Å². The van der Waals surface area contributed by atoms with Gasteiger partial charge in [-0.05, 0) is 54.8 Å². The van der Waals surface area contributed by atoms with E-state index in [4.69, 9.17) is 5.26 Å². The number of sulfonamides is 1. The molecule has 1 unspecified atom stereocenters.